The standard InChI is InChI=1S/C93H175NO18/c1-3-5-7-9-11-13-15-17-19-21-23-25-27-29-31-32-33-34-35-36-37-38-39-40-41-42-43-44-45-47-49-51-53-55-57-59-61-63-65-67-69-71-81(99)94-76(77(98)70-68-66-64-62-60-58-56-54-52-50-48-46-30-28-26-24-22-20-18-16-14-12-10-8-6-4-2)75-107-91-87(105)84(102)89(79(73-96)109-91)112-93-88(106)85(103)90(80(74-97)110-93)111-92-86(104)83(101)82(100)78(72-95)108-92/h15,17,21,23,27,29,76-80,82-93,95-98,100-106H,3-14,16,18-20,22,24-26,28,30-75H2,1-2H3,(H,94,99)/b17-15-,23-21-,29-27-. The van der Waals surface area contributed by atoms with Crippen molar-refractivity contribution in [2.45, 2.75) is 523 Å². The van der Waals surface area contributed by atoms with Crippen molar-refractivity contribution < 1.29 is 89.4 Å². The van der Waals surface area contributed by atoms with Gasteiger partial charge in [0.25, 0.3) is 0 Å². The molecule has 660 valence electrons. The smallest absolute Gasteiger partial charge is 0.220 e. The molecule has 3 saturated heterocycles. The number of amides is 1. The first kappa shape index (κ1) is 104. The number of hydrogen-bond donors (Lipinski definition) is 12. The van der Waals surface area contributed by atoms with Gasteiger partial charge in [0.2, 0.25) is 5.91 Å². The van der Waals surface area contributed by atoms with E-state index in [9.17, 15) is 61.0 Å². The lowest BCUT2D eigenvalue weighted by atomic mass is 9.96. The number of unbranched alkanes of at least 4 members (excludes halogenated alkanes) is 56. The minimum absolute atomic E-state index is 0.233. The summed E-state index contributed by atoms with van der Waals surface area (Å²) in [7, 11) is 0. The summed E-state index contributed by atoms with van der Waals surface area (Å²) < 4.78 is 34.6. The minimum atomic E-state index is -1.97. The molecule has 12 N–H and O–H groups in total. The number of aliphatic hydroxyl groups is 11. The van der Waals surface area contributed by atoms with Gasteiger partial charge in [0.05, 0.1) is 38.6 Å². The molecule has 0 aromatic heterocycles. The fourth-order valence-electron chi connectivity index (χ4n) is 16.2. The summed E-state index contributed by atoms with van der Waals surface area (Å²) in [5.74, 6) is -0.233. The van der Waals surface area contributed by atoms with Gasteiger partial charge in [0.15, 0.2) is 18.9 Å². The van der Waals surface area contributed by atoms with Crippen molar-refractivity contribution in [2.24, 2.45) is 0 Å². The second kappa shape index (κ2) is 73.0. The van der Waals surface area contributed by atoms with E-state index in [1.165, 1.54) is 327 Å². The van der Waals surface area contributed by atoms with Crippen LogP contribution in [0.4, 0.5) is 0 Å². The van der Waals surface area contributed by atoms with Crippen molar-refractivity contribution in [1.82, 2.24) is 5.32 Å². The van der Waals surface area contributed by atoms with E-state index in [0.29, 0.717) is 12.8 Å². The molecule has 3 heterocycles. The minimum Gasteiger partial charge on any atom is -0.394 e. The molecule has 19 heteroatoms. The molecule has 0 aliphatic carbocycles. The largest absolute Gasteiger partial charge is 0.394 e. The molecule has 0 spiro atoms. The maximum Gasteiger partial charge on any atom is 0.220 e. The Kier molecular flexibility index (Phi) is 67.9. The Balaban J connectivity index is 1.28. The fraction of sp³-hybridized carbons (Fsp3) is 0.925. The SMILES string of the molecule is CCCCCCC/C=C\C/C=C\C/C=C\CCCCCCCCCCCCCCCCCCCCCCCCCCCCC(=O)NC(COC1OC(CO)C(OC2OC(CO)C(OC3OC(CO)C(O)C(O)C3O)C(O)C2O)C(O)C1O)C(O)CCCCCCCCCCCCCCCCCCCCCCCCCCCC. The normalized spacial score (nSPS) is 25.0. The Morgan fingerprint density at radius 3 is 0.920 bits per heavy atom. The first-order chi connectivity index (χ1) is 54.8. The third-order valence-corrected chi connectivity index (χ3v) is 23.7. The van der Waals surface area contributed by atoms with Gasteiger partial charge in [0, 0.05) is 6.42 Å². The van der Waals surface area contributed by atoms with E-state index in [0.717, 1.165) is 57.8 Å². The van der Waals surface area contributed by atoms with Crippen LogP contribution in [0, 0.1) is 0 Å². The highest BCUT2D eigenvalue weighted by Gasteiger charge is 2.54. The lowest BCUT2D eigenvalue weighted by molar-refractivity contribution is -0.379. The average Bonchev–Trinajstić information content (AvgIpc) is 0.781. The Labute approximate surface area is 682 Å². The predicted molar refractivity (Wildman–Crippen MR) is 453 cm³/mol. The van der Waals surface area contributed by atoms with Crippen molar-refractivity contribution in [3.05, 3.63) is 36.5 Å². The van der Waals surface area contributed by atoms with E-state index in [2.05, 4.69) is 55.6 Å². The van der Waals surface area contributed by atoms with E-state index >= 15 is 0 Å². The molecule has 3 aliphatic rings. The van der Waals surface area contributed by atoms with Crippen LogP contribution in [-0.2, 0) is 33.2 Å². The summed E-state index contributed by atoms with van der Waals surface area (Å²) in [6.45, 7) is 1.86. The summed E-state index contributed by atoms with van der Waals surface area (Å²) in [6.07, 6.45) is 67.0. The van der Waals surface area contributed by atoms with Gasteiger partial charge in [-0.05, 0) is 51.4 Å². The summed E-state index contributed by atoms with van der Waals surface area (Å²) >= 11 is 0. The Bertz CT molecular complexity index is 2160. The van der Waals surface area contributed by atoms with Crippen molar-refractivity contribution in [3.8, 4) is 0 Å². The summed E-state index contributed by atoms with van der Waals surface area (Å²) in [6, 6.07) is -0.887. The van der Waals surface area contributed by atoms with Crippen LogP contribution in [0.25, 0.3) is 0 Å². The highest BCUT2D eigenvalue weighted by Crippen LogP contribution is 2.34. The zero-order valence-corrected chi connectivity index (χ0v) is 71.4. The lowest BCUT2D eigenvalue weighted by Crippen LogP contribution is -2.66. The zero-order valence-electron chi connectivity index (χ0n) is 71.4. The number of rotatable bonds is 78. The van der Waals surface area contributed by atoms with Gasteiger partial charge in [-0.15, -0.1) is 0 Å². The van der Waals surface area contributed by atoms with Gasteiger partial charge in [-0.1, -0.05) is 397 Å². The van der Waals surface area contributed by atoms with Crippen molar-refractivity contribution in [1.29, 1.82) is 0 Å². The van der Waals surface area contributed by atoms with Gasteiger partial charge >= 0.3 is 0 Å². The molecule has 3 rings (SSSR count). The molecular weight excluding hydrogens is 1420 g/mol. The molecular formula is C93H175NO18. The van der Waals surface area contributed by atoms with E-state index in [4.69, 9.17) is 28.4 Å². The molecule has 3 fully saturated rings. The lowest BCUT2D eigenvalue weighted by Gasteiger charge is -2.48. The predicted octanol–water partition coefficient (Wildman–Crippen LogP) is 18.6. The maximum absolute atomic E-state index is 13.6. The Morgan fingerprint density at radius 2 is 0.589 bits per heavy atom. The fourth-order valence-corrected chi connectivity index (χ4v) is 16.2. The van der Waals surface area contributed by atoms with Crippen LogP contribution in [0.5, 0.6) is 0 Å². The topological polar surface area (TPSA) is 307 Å². The first-order valence-electron chi connectivity index (χ1n) is 47.2. The van der Waals surface area contributed by atoms with E-state index in [1.807, 2.05) is 0 Å². The van der Waals surface area contributed by atoms with Crippen LogP contribution in [0.15, 0.2) is 36.5 Å². The number of hydrogen-bond acceptors (Lipinski definition) is 18. The van der Waals surface area contributed by atoms with Crippen LogP contribution >= 0.6 is 0 Å². The molecule has 0 bridgehead atoms. The molecule has 112 heavy (non-hydrogen) atoms. The first-order valence-corrected chi connectivity index (χ1v) is 47.2. The molecule has 0 radical (unpaired) electrons. The number of ether oxygens (including phenoxy) is 6. The van der Waals surface area contributed by atoms with Gasteiger partial charge in [0.1, 0.15) is 73.2 Å². The van der Waals surface area contributed by atoms with Crippen molar-refractivity contribution in [2.75, 3.05) is 26.4 Å². The summed E-state index contributed by atoms with van der Waals surface area (Å²) in [5, 5.41) is 121. The van der Waals surface area contributed by atoms with Gasteiger partial charge in [-0.3, -0.25) is 4.79 Å². The molecule has 19 nitrogen and oxygen atoms in total. The Morgan fingerprint density at radius 1 is 0.321 bits per heavy atom. The van der Waals surface area contributed by atoms with Gasteiger partial charge < -0.3 is 89.9 Å². The van der Waals surface area contributed by atoms with Crippen molar-refractivity contribution >= 4 is 5.91 Å². The Hall–Kier alpha value is -1.99. The van der Waals surface area contributed by atoms with Crippen LogP contribution in [0.3, 0.4) is 0 Å². The van der Waals surface area contributed by atoms with E-state index in [1.54, 1.807) is 0 Å². The van der Waals surface area contributed by atoms with Crippen LogP contribution in [-0.4, -0.2) is 193 Å². The molecule has 0 saturated carbocycles. The average molecular weight is 1600 g/mol. The van der Waals surface area contributed by atoms with E-state index in [-0.39, 0.29) is 18.9 Å². The number of nitrogens with one attached hydrogen (secondary N) is 1. The van der Waals surface area contributed by atoms with E-state index < -0.39 is 124 Å². The quantitative estimate of drug-likeness (QED) is 0.0199. The third kappa shape index (κ3) is 50.8. The second-order valence-corrected chi connectivity index (χ2v) is 33.8. The van der Waals surface area contributed by atoms with Crippen LogP contribution in [0.1, 0.15) is 418 Å². The molecule has 0 aromatic rings. The molecule has 17 unspecified atom stereocenters. The highest BCUT2D eigenvalue weighted by molar-refractivity contribution is 5.76. The second-order valence-electron chi connectivity index (χ2n) is 33.8. The number of allylic oxidation sites excluding steroid dienone is 6. The molecule has 1 amide bonds. The maximum atomic E-state index is 13.6. The van der Waals surface area contributed by atoms with Crippen LogP contribution in [0.2, 0.25) is 0 Å². The van der Waals surface area contributed by atoms with Gasteiger partial charge in [-0.25, -0.2) is 0 Å². The van der Waals surface area contributed by atoms with Gasteiger partial charge in [-0.2, -0.15) is 0 Å². The third-order valence-electron chi connectivity index (χ3n) is 23.7. The molecule has 0 aromatic carbocycles. The summed E-state index contributed by atoms with van der Waals surface area (Å²) in [5.41, 5.74) is 0. The molecule has 3 aliphatic heterocycles. The monoisotopic (exact) mass is 1590 g/mol. The van der Waals surface area contributed by atoms with Crippen LogP contribution < -0.4 is 5.32 Å². The summed E-state index contributed by atoms with van der Waals surface area (Å²) in [4.78, 5) is 13.6. The zero-order chi connectivity index (χ0) is 81.0. The number of carbonyl (C=O) groups excluding carboxylic acids is 1. The number of carbonyl (C=O) groups is 1. The van der Waals surface area contributed by atoms with Crippen molar-refractivity contribution in [3.63, 3.8) is 0 Å². The highest BCUT2D eigenvalue weighted by atomic mass is 16.8. The molecule has 17 atom stereocenters. The number of aliphatic hydroxyl groups excluding tert-OH is 11.